The van der Waals surface area contributed by atoms with Crippen LogP contribution in [0, 0.1) is 0 Å². The second-order valence-electron chi connectivity index (χ2n) is 5.79. The number of rotatable bonds is 5. The Morgan fingerprint density at radius 1 is 0.923 bits per heavy atom. The van der Waals surface area contributed by atoms with Crippen LogP contribution in [0.4, 0.5) is 0 Å². The summed E-state index contributed by atoms with van der Waals surface area (Å²) in [6.07, 6.45) is 0. The first-order valence-corrected chi connectivity index (χ1v) is 9.04. The lowest BCUT2D eigenvalue weighted by atomic mass is 10.0. The van der Waals surface area contributed by atoms with E-state index in [0.29, 0.717) is 6.61 Å². The van der Waals surface area contributed by atoms with E-state index >= 15 is 0 Å². The molecule has 0 fully saturated rings. The highest BCUT2D eigenvalue weighted by atomic mass is 32.1. The van der Waals surface area contributed by atoms with E-state index in [0.717, 1.165) is 32.6 Å². The van der Waals surface area contributed by atoms with Crippen molar-refractivity contribution in [2.75, 3.05) is 0 Å². The van der Waals surface area contributed by atoms with E-state index in [4.69, 9.17) is 4.84 Å². The maximum atomic E-state index is 11.6. The van der Waals surface area contributed by atoms with E-state index in [2.05, 4.69) is 10.1 Å². The summed E-state index contributed by atoms with van der Waals surface area (Å²) in [5.74, 6) is 0. The van der Waals surface area contributed by atoms with Gasteiger partial charge in [0.2, 0.25) is 0 Å². The van der Waals surface area contributed by atoms with Crippen LogP contribution in [0.15, 0.2) is 88.8 Å². The molecule has 1 heterocycles. The quantitative estimate of drug-likeness (QED) is 0.419. The second-order valence-corrected chi connectivity index (χ2v) is 6.81. The highest BCUT2D eigenvalue weighted by molar-refractivity contribution is 7.16. The summed E-state index contributed by atoms with van der Waals surface area (Å²) >= 11 is 1.19. The fourth-order valence-electron chi connectivity index (χ4n) is 2.71. The normalized spacial score (nSPS) is 11.6. The molecule has 1 N–H and O–H groups in total. The fourth-order valence-corrected chi connectivity index (χ4v) is 3.48. The zero-order valence-corrected chi connectivity index (χ0v) is 14.7. The van der Waals surface area contributed by atoms with E-state index in [9.17, 15) is 4.79 Å². The van der Waals surface area contributed by atoms with Crippen molar-refractivity contribution in [2.24, 2.45) is 5.16 Å². The van der Waals surface area contributed by atoms with Crippen LogP contribution in [0.2, 0.25) is 0 Å². The Labute approximate surface area is 154 Å². The predicted octanol–water partition coefficient (Wildman–Crippen LogP) is 4.56. The minimum atomic E-state index is -0.0596. The average Bonchev–Trinajstić information content (AvgIpc) is 3.06. The zero-order chi connectivity index (χ0) is 17.8. The maximum absolute atomic E-state index is 11.6. The van der Waals surface area contributed by atoms with Crippen molar-refractivity contribution in [3.05, 3.63) is 105 Å². The predicted molar refractivity (Wildman–Crippen MR) is 106 cm³/mol. The Balaban J connectivity index is 1.69. The molecule has 0 saturated carbocycles. The van der Waals surface area contributed by atoms with Gasteiger partial charge < -0.3 is 9.82 Å². The Hall–Kier alpha value is -3.18. The number of oxime groups is 1. The molecule has 128 valence electrons. The van der Waals surface area contributed by atoms with E-state index in [1.807, 2.05) is 78.9 Å². The van der Waals surface area contributed by atoms with Gasteiger partial charge >= 0.3 is 4.87 Å². The zero-order valence-electron chi connectivity index (χ0n) is 13.9. The number of nitrogens with one attached hydrogen (secondary N) is 1. The van der Waals surface area contributed by atoms with Crippen LogP contribution in [0.5, 0.6) is 0 Å². The van der Waals surface area contributed by atoms with Crippen LogP contribution in [-0.2, 0) is 11.4 Å². The van der Waals surface area contributed by atoms with Gasteiger partial charge in [-0.1, -0.05) is 83.2 Å². The average molecular weight is 360 g/mol. The molecule has 4 rings (SSSR count). The smallest absolute Gasteiger partial charge is 0.305 e. The molecule has 0 amide bonds. The Morgan fingerprint density at radius 3 is 2.42 bits per heavy atom. The molecule has 4 nitrogen and oxygen atoms in total. The minimum Gasteiger partial charge on any atom is -0.390 e. The number of aromatic amines is 1. The first-order chi connectivity index (χ1) is 12.8. The van der Waals surface area contributed by atoms with Gasteiger partial charge in [-0.15, -0.1) is 0 Å². The summed E-state index contributed by atoms with van der Waals surface area (Å²) in [7, 11) is 0. The maximum Gasteiger partial charge on any atom is 0.305 e. The van der Waals surface area contributed by atoms with Gasteiger partial charge in [0.15, 0.2) is 0 Å². The molecule has 0 unspecified atom stereocenters. The third-order valence-corrected chi connectivity index (χ3v) is 4.82. The lowest BCUT2D eigenvalue weighted by Crippen LogP contribution is -2.04. The standard InChI is InChI=1S/C21H16N2O2S/c24-21-22-18-12-11-17(13-19(18)26-21)20(16-9-5-2-6-10-16)23-25-14-15-7-3-1-4-8-15/h1-13H,14H2,(H,22,24). The van der Waals surface area contributed by atoms with Crippen molar-refractivity contribution >= 4 is 27.3 Å². The van der Waals surface area contributed by atoms with Crippen molar-refractivity contribution in [2.45, 2.75) is 6.61 Å². The van der Waals surface area contributed by atoms with Gasteiger partial charge in [-0.2, -0.15) is 0 Å². The second kappa shape index (κ2) is 7.37. The first kappa shape index (κ1) is 16.3. The number of H-pyrrole nitrogens is 1. The Kier molecular flexibility index (Phi) is 4.62. The fraction of sp³-hybridized carbons (Fsp3) is 0.0476. The van der Waals surface area contributed by atoms with E-state index < -0.39 is 0 Å². The Morgan fingerprint density at radius 2 is 1.65 bits per heavy atom. The third-order valence-electron chi connectivity index (χ3n) is 3.97. The molecule has 26 heavy (non-hydrogen) atoms. The highest BCUT2D eigenvalue weighted by Gasteiger charge is 2.10. The van der Waals surface area contributed by atoms with Gasteiger partial charge in [0.1, 0.15) is 12.3 Å². The molecule has 0 saturated heterocycles. The molecule has 3 aromatic carbocycles. The van der Waals surface area contributed by atoms with Crippen LogP contribution in [0.1, 0.15) is 16.7 Å². The largest absolute Gasteiger partial charge is 0.390 e. The molecule has 0 atom stereocenters. The van der Waals surface area contributed by atoms with Crippen molar-refractivity contribution in [1.29, 1.82) is 0 Å². The summed E-state index contributed by atoms with van der Waals surface area (Å²) < 4.78 is 0.902. The molecule has 4 aromatic rings. The molecular weight excluding hydrogens is 344 g/mol. The van der Waals surface area contributed by atoms with Crippen molar-refractivity contribution in [1.82, 2.24) is 4.98 Å². The molecular formula is C21H16N2O2S. The lowest BCUT2D eigenvalue weighted by molar-refractivity contribution is 0.131. The van der Waals surface area contributed by atoms with Crippen LogP contribution in [-0.4, -0.2) is 10.7 Å². The summed E-state index contributed by atoms with van der Waals surface area (Å²) in [6.45, 7) is 0.400. The molecule has 0 spiro atoms. The number of aromatic nitrogens is 1. The lowest BCUT2D eigenvalue weighted by Gasteiger charge is -2.08. The molecule has 0 aliphatic carbocycles. The van der Waals surface area contributed by atoms with Crippen LogP contribution < -0.4 is 4.87 Å². The number of benzene rings is 3. The number of hydrogen-bond acceptors (Lipinski definition) is 4. The third kappa shape index (κ3) is 3.58. The van der Waals surface area contributed by atoms with Crippen molar-refractivity contribution in [3.63, 3.8) is 0 Å². The van der Waals surface area contributed by atoms with Crippen LogP contribution in [0.25, 0.3) is 10.2 Å². The van der Waals surface area contributed by atoms with Gasteiger partial charge in [0.05, 0.1) is 10.2 Å². The van der Waals surface area contributed by atoms with Crippen LogP contribution >= 0.6 is 11.3 Å². The van der Waals surface area contributed by atoms with E-state index in [-0.39, 0.29) is 4.87 Å². The first-order valence-electron chi connectivity index (χ1n) is 8.22. The van der Waals surface area contributed by atoms with Crippen LogP contribution in [0.3, 0.4) is 0 Å². The highest BCUT2D eigenvalue weighted by Crippen LogP contribution is 2.20. The van der Waals surface area contributed by atoms with Gasteiger partial charge in [-0.05, 0) is 17.7 Å². The number of thiazole rings is 1. The summed E-state index contributed by atoms with van der Waals surface area (Å²) in [5, 5.41) is 4.41. The number of fused-ring (bicyclic) bond motifs is 1. The molecule has 0 bridgehead atoms. The van der Waals surface area contributed by atoms with Crippen molar-refractivity contribution in [3.8, 4) is 0 Å². The molecule has 5 heteroatoms. The number of hydrogen-bond donors (Lipinski definition) is 1. The van der Waals surface area contributed by atoms with E-state index in [1.165, 1.54) is 11.3 Å². The molecule has 0 radical (unpaired) electrons. The summed E-state index contributed by atoms with van der Waals surface area (Å²) in [4.78, 5) is 20.0. The SMILES string of the molecule is O=c1[nH]c2ccc(C(=NOCc3ccccc3)c3ccccc3)cc2s1. The Bertz CT molecular complexity index is 1100. The van der Waals surface area contributed by atoms with Gasteiger partial charge in [-0.25, -0.2) is 0 Å². The van der Waals surface area contributed by atoms with Gasteiger partial charge in [0, 0.05) is 11.1 Å². The molecule has 0 aliphatic rings. The summed E-state index contributed by atoms with van der Waals surface area (Å²) in [6, 6.07) is 25.6. The molecule has 1 aromatic heterocycles. The summed E-state index contributed by atoms with van der Waals surface area (Å²) in [5.41, 5.74) is 4.50. The van der Waals surface area contributed by atoms with E-state index in [1.54, 1.807) is 0 Å². The van der Waals surface area contributed by atoms with Gasteiger partial charge in [-0.3, -0.25) is 4.79 Å². The van der Waals surface area contributed by atoms with Crippen molar-refractivity contribution < 1.29 is 4.84 Å². The topological polar surface area (TPSA) is 54.5 Å². The van der Waals surface area contributed by atoms with Gasteiger partial charge in [0.25, 0.3) is 0 Å². The number of nitrogens with zero attached hydrogens (tertiary/aromatic N) is 1. The monoisotopic (exact) mass is 360 g/mol. The molecule has 0 aliphatic heterocycles. The minimum absolute atomic E-state index is 0.0596.